The van der Waals surface area contributed by atoms with Crippen LogP contribution in [-0.2, 0) is 0 Å². The minimum atomic E-state index is -0.554. The highest BCUT2D eigenvalue weighted by molar-refractivity contribution is 6.12. The summed E-state index contributed by atoms with van der Waals surface area (Å²) < 4.78 is 19.2. The lowest BCUT2D eigenvalue weighted by Gasteiger charge is -2.06. The van der Waals surface area contributed by atoms with Crippen molar-refractivity contribution in [1.29, 1.82) is 0 Å². The summed E-state index contributed by atoms with van der Waals surface area (Å²) in [7, 11) is 1.45. The second-order valence-electron chi connectivity index (χ2n) is 6.76. The van der Waals surface area contributed by atoms with Gasteiger partial charge in [0.2, 0.25) is 0 Å². The number of benzene rings is 3. The number of hydrogen-bond donors (Lipinski definition) is 1. The van der Waals surface area contributed by atoms with Crippen molar-refractivity contribution in [1.82, 2.24) is 5.32 Å². The Morgan fingerprint density at radius 2 is 1.84 bits per heavy atom. The molecule has 0 radical (unpaired) electrons. The highest BCUT2D eigenvalue weighted by atomic mass is 19.1. The number of carbonyl (C=O) groups excluding carboxylic acids is 2. The Bertz CT molecular complexity index is 1340. The van der Waals surface area contributed by atoms with Crippen LogP contribution >= 0.6 is 0 Å². The van der Waals surface area contributed by atoms with Crippen LogP contribution in [0.4, 0.5) is 10.1 Å². The minimum Gasteiger partial charge on any atom is -0.455 e. The molecule has 0 aliphatic rings. The average molecular weight is 418 g/mol. The molecule has 0 unspecified atom stereocenters. The number of amides is 1. The monoisotopic (exact) mass is 418 g/mol. The number of aldehydes is 1. The first-order valence-corrected chi connectivity index (χ1v) is 9.21. The average Bonchev–Trinajstić information content (AvgIpc) is 3.16. The van der Waals surface area contributed by atoms with Crippen LogP contribution in [0.3, 0.4) is 0 Å². The quantitative estimate of drug-likeness (QED) is 0.280. The van der Waals surface area contributed by atoms with E-state index >= 15 is 0 Å². The van der Waals surface area contributed by atoms with Crippen LogP contribution in [0.5, 0.6) is 0 Å². The van der Waals surface area contributed by atoms with Crippen molar-refractivity contribution < 1.29 is 23.3 Å². The molecule has 1 N–H and O–H groups in total. The van der Waals surface area contributed by atoms with E-state index in [0.717, 1.165) is 0 Å². The van der Waals surface area contributed by atoms with Gasteiger partial charge in [-0.1, -0.05) is 18.2 Å². The molecule has 1 heterocycles. The number of halogens is 1. The summed E-state index contributed by atoms with van der Waals surface area (Å²) in [6.07, 6.45) is 0.647. The molecular weight excluding hydrogens is 403 g/mol. The number of nitrogens with one attached hydrogen (secondary N) is 1. The Kier molecular flexibility index (Phi) is 5.04. The second-order valence-corrected chi connectivity index (χ2v) is 6.76. The van der Waals surface area contributed by atoms with Crippen molar-refractivity contribution >= 4 is 28.8 Å². The standard InChI is InChI=1S/C23H15FN2O5/c1-25-23(28)21-18-10-17(15-4-2-3-13(9-15)12-27)19(26(29)30)11-20(18)31-22(21)14-5-7-16(24)8-6-14/h2-12H,1H3,(H,25,28). The predicted octanol–water partition coefficient (Wildman–Crippen LogP) is 4.99. The van der Waals surface area contributed by atoms with Gasteiger partial charge in [-0.15, -0.1) is 0 Å². The van der Waals surface area contributed by atoms with Gasteiger partial charge in [-0.3, -0.25) is 19.7 Å². The van der Waals surface area contributed by atoms with Gasteiger partial charge < -0.3 is 9.73 Å². The third-order valence-corrected chi connectivity index (χ3v) is 4.90. The van der Waals surface area contributed by atoms with Crippen LogP contribution in [0.25, 0.3) is 33.4 Å². The molecule has 3 aromatic carbocycles. The molecule has 8 heteroatoms. The Labute approximate surface area is 175 Å². The summed E-state index contributed by atoms with van der Waals surface area (Å²) in [5, 5.41) is 14.7. The fraction of sp³-hybridized carbons (Fsp3) is 0.0435. The maximum Gasteiger partial charge on any atom is 0.280 e. The van der Waals surface area contributed by atoms with Crippen LogP contribution < -0.4 is 5.32 Å². The summed E-state index contributed by atoms with van der Waals surface area (Å²) in [5.74, 6) is -0.740. The molecule has 0 bridgehead atoms. The van der Waals surface area contributed by atoms with Crippen molar-refractivity contribution in [2.75, 3.05) is 7.05 Å². The molecule has 0 saturated carbocycles. The molecule has 7 nitrogen and oxygen atoms in total. The van der Waals surface area contributed by atoms with E-state index in [1.165, 1.54) is 49.5 Å². The lowest BCUT2D eigenvalue weighted by Crippen LogP contribution is -2.18. The minimum absolute atomic E-state index is 0.139. The van der Waals surface area contributed by atoms with Gasteiger partial charge >= 0.3 is 0 Å². The normalized spacial score (nSPS) is 10.8. The maximum atomic E-state index is 13.4. The number of nitro benzene ring substituents is 1. The summed E-state index contributed by atoms with van der Waals surface area (Å²) >= 11 is 0. The fourth-order valence-corrected chi connectivity index (χ4v) is 3.45. The summed E-state index contributed by atoms with van der Waals surface area (Å²) in [4.78, 5) is 35.1. The molecule has 1 aromatic heterocycles. The zero-order chi connectivity index (χ0) is 22.1. The van der Waals surface area contributed by atoms with Gasteiger partial charge in [0.15, 0.2) is 0 Å². The topological polar surface area (TPSA) is 102 Å². The van der Waals surface area contributed by atoms with Gasteiger partial charge in [-0.2, -0.15) is 0 Å². The smallest absolute Gasteiger partial charge is 0.280 e. The Hall–Kier alpha value is -4.33. The van der Waals surface area contributed by atoms with Crippen molar-refractivity contribution in [2.45, 2.75) is 0 Å². The first-order chi connectivity index (χ1) is 14.9. The number of rotatable bonds is 5. The number of hydrogen-bond acceptors (Lipinski definition) is 5. The Morgan fingerprint density at radius 1 is 1.10 bits per heavy atom. The summed E-state index contributed by atoms with van der Waals surface area (Å²) in [6, 6.07) is 14.5. The zero-order valence-electron chi connectivity index (χ0n) is 16.2. The third kappa shape index (κ3) is 3.55. The van der Waals surface area contributed by atoms with E-state index < -0.39 is 16.6 Å². The highest BCUT2D eigenvalue weighted by Gasteiger charge is 2.26. The van der Waals surface area contributed by atoms with E-state index in [0.29, 0.717) is 28.4 Å². The molecule has 0 spiro atoms. The largest absolute Gasteiger partial charge is 0.455 e. The molecule has 0 fully saturated rings. The number of fused-ring (bicyclic) bond motifs is 1. The second kappa shape index (κ2) is 7.83. The first kappa shape index (κ1) is 20.0. The summed E-state index contributed by atoms with van der Waals surface area (Å²) in [5.41, 5.74) is 1.56. The van der Waals surface area contributed by atoms with Gasteiger partial charge in [0.05, 0.1) is 22.1 Å². The summed E-state index contributed by atoms with van der Waals surface area (Å²) in [6.45, 7) is 0. The maximum absolute atomic E-state index is 13.4. The molecule has 154 valence electrons. The van der Waals surface area contributed by atoms with Gasteiger partial charge in [0.1, 0.15) is 23.4 Å². The predicted molar refractivity (Wildman–Crippen MR) is 112 cm³/mol. The SMILES string of the molecule is CNC(=O)c1c(-c2ccc(F)cc2)oc2cc([N+](=O)[O-])c(-c3cccc(C=O)c3)cc12. The van der Waals surface area contributed by atoms with E-state index in [4.69, 9.17) is 4.42 Å². The zero-order valence-corrected chi connectivity index (χ0v) is 16.2. The van der Waals surface area contributed by atoms with Crippen LogP contribution in [0.15, 0.2) is 65.1 Å². The van der Waals surface area contributed by atoms with E-state index in [2.05, 4.69) is 5.32 Å². The molecule has 0 atom stereocenters. The van der Waals surface area contributed by atoms with E-state index in [-0.39, 0.29) is 28.2 Å². The number of nitrogens with zero attached hydrogens (tertiary/aromatic N) is 1. The lowest BCUT2D eigenvalue weighted by atomic mass is 9.97. The van der Waals surface area contributed by atoms with Crippen LogP contribution in [0.2, 0.25) is 0 Å². The third-order valence-electron chi connectivity index (χ3n) is 4.90. The molecule has 4 rings (SSSR count). The number of furan rings is 1. The van der Waals surface area contributed by atoms with Crippen LogP contribution in [-0.4, -0.2) is 24.2 Å². The molecule has 31 heavy (non-hydrogen) atoms. The number of nitro groups is 1. The molecule has 0 saturated heterocycles. The number of carbonyl (C=O) groups is 2. The highest BCUT2D eigenvalue weighted by Crippen LogP contribution is 2.40. The van der Waals surface area contributed by atoms with Gasteiger partial charge in [-0.25, -0.2) is 4.39 Å². The van der Waals surface area contributed by atoms with Crippen molar-refractivity contribution in [3.05, 3.63) is 87.7 Å². The van der Waals surface area contributed by atoms with Crippen molar-refractivity contribution in [3.63, 3.8) is 0 Å². The van der Waals surface area contributed by atoms with Gasteiger partial charge in [0, 0.05) is 23.6 Å². The molecule has 1 amide bonds. The van der Waals surface area contributed by atoms with Crippen LogP contribution in [0, 0.1) is 15.9 Å². The molecule has 4 aromatic rings. The fourth-order valence-electron chi connectivity index (χ4n) is 3.45. The van der Waals surface area contributed by atoms with Crippen molar-refractivity contribution in [2.24, 2.45) is 0 Å². The molecular formula is C23H15FN2O5. The van der Waals surface area contributed by atoms with Gasteiger partial charge in [-0.05, 0) is 42.0 Å². The first-order valence-electron chi connectivity index (χ1n) is 9.21. The van der Waals surface area contributed by atoms with Gasteiger partial charge in [0.25, 0.3) is 11.6 Å². The Balaban J connectivity index is 2.05. The van der Waals surface area contributed by atoms with Crippen LogP contribution in [0.1, 0.15) is 20.7 Å². The Morgan fingerprint density at radius 3 is 2.48 bits per heavy atom. The van der Waals surface area contributed by atoms with E-state index in [1.807, 2.05) is 0 Å². The van der Waals surface area contributed by atoms with Crippen molar-refractivity contribution in [3.8, 4) is 22.5 Å². The molecule has 0 aliphatic heterocycles. The molecule has 0 aliphatic carbocycles. The van der Waals surface area contributed by atoms with E-state index in [1.54, 1.807) is 18.2 Å². The lowest BCUT2D eigenvalue weighted by molar-refractivity contribution is -0.384. The van der Waals surface area contributed by atoms with E-state index in [9.17, 15) is 24.1 Å².